The molecule has 4 rings (SSSR count). The maximum absolute atomic E-state index is 14.3. The van der Waals surface area contributed by atoms with Crippen LogP contribution in [0.4, 0.5) is 22.4 Å². The first-order valence-corrected chi connectivity index (χ1v) is 13.4. The molecule has 0 radical (unpaired) electrons. The fourth-order valence-electron chi connectivity index (χ4n) is 4.49. The van der Waals surface area contributed by atoms with Crippen molar-refractivity contribution in [3.63, 3.8) is 0 Å². The smallest absolute Gasteiger partial charge is 0.451 e. The Hall–Kier alpha value is -4.22. The molecule has 1 N–H and O–H groups in total. The number of benzene rings is 2. The summed E-state index contributed by atoms with van der Waals surface area (Å²) in [5.41, 5.74) is 1.17. The molecule has 0 aliphatic carbocycles. The van der Waals surface area contributed by atoms with E-state index in [1.165, 1.54) is 23.1 Å². The van der Waals surface area contributed by atoms with E-state index in [4.69, 9.17) is 9.47 Å². The average Bonchev–Trinajstić information content (AvgIpc) is 2.91. The quantitative estimate of drug-likeness (QED) is 0.343. The van der Waals surface area contributed by atoms with E-state index in [1.54, 1.807) is 20.8 Å². The number of fused-ring (bicyclic) bond motifs is 1. The lowest BCUT2D eigenvalue weighted by molar-refractivity contribution is -0.145. The number of nitrogens with one attached hydrogen (secondary N) is 1. The van der Waals surface area contributed by atoms with Crippen LogP contribution in [0.15, 0.2) is 54.7 Å². The van der Waals surface area contributed by atoms with Gasteiger partial charge in [-0.25, -0.2) is 19.2 Å². The third kappa shape index (κ3) is 8.64. The number of alkyl halides is 3. The van der Waals surface area contributed by atoms with Crippen molar-refractivity contribution in [2.24, 2.45) is 0 Å². The molecule has 0 fully saturated rings. The van der Waals surface area contributed by atoms with Crippen LogP contribution in [0.1, 0.15) is 55.4 Å². The number of amides is 2. The number of nitrogens with zero attached hydrogens (tertiary/aromatic N) is 3. The fraction of sp³-hybridized carbons (Fsp3) is 0.400. The average molecular weight is 589 g/mol. The van der Waals surface area contributed by atoms with Crippen LogP contribution in [-0.2, 0) is 41.7 Å². The van der Waals surface area contributed by atoms with Gasteiger partial charge in [-0.1, -0.05) is 30.3 Å². The number of aromatic nitrogens is 2. The Morgan fingerprint density at radius 2 is 1.83 bits per heavy atom. The lowest BCUT2D eigenvalue weighted by atomic mass is 10.0. The first kappa shape index (κ1) is 30.7. The second-order valence-electron chi connectivity index (χ2n) is 11.0. The highest BCUT2D eigenvalue weighted by atomic mass is 19.4. The van der Waals surface area contributed by atoms with Gasteiger partial charge in [0.15, 0.2) is 0 Å². The van der Waals surface area contributed by atoms with Crippen LogP contribution in [-0.4, -0.2) is 45.1 Å². The molecule has 1 aliphatic rings. The van der Waals surface area contributed by atoms with Crippen molar-refractivity contribution in [2.75, 3.05) is 6.54 Å². The van der Waals surface area contributed by atoms with Gasteiger partial charge in [0.2, 0.25) is 11.7 Å². The van der Waals surface area contributed by atoms with Crippen molar-refractivity contribution in [1.29, 1.82) is 0 Å². The van der Waals surface area contributed by atoms with Crippen molar-refractivity contribution in [2.45, 2.75) is 71.0 Å². The number of carbonyl (C=O) groups is 2. The van der Waals surface area contributed by atoms with Crippen molar-refractivity contribution < 1.29 is 36.6 Å². The molecule has 0 spiro atoms. The Morgan fingerprint density at radius 3 is 2.52 bits per heavy atom. The number of ether oxygens (including phenoxy) is 2. The van der Waals surface area contributed by atoms with Gasteiger partial charge < -0.3 is 19.7 Å². The van der Waals surface area contributed by atoms with Crippen LogP contribution >= 0.6 is 0 Å². The summed E-state index contributed by atoms with van der Waals surface area (Å²) in [7, 11) is 0. The third-order valence-electron chi connectivity index (χ3n) is 6.42. The van der Waals surface area contributed by atoms with Crippen LogP contribution in [0, 0.1) is 5.82 Å². The number of rotatable bonds is 8. The number of hydrogen-bond donors (Lipinski definition) is 1. The first-order chi connectivity index (χ1) is 19.8. The minimum Gasteiger partial charge on any atom is -0.489 e. The van der Waals surface area contributed by atoms with Gasteiger partial charge in [-0.05, 0) is 68.5 Å². The molecule has 0 saturated carbocycles. The second-order valence-corrected chi connectivity index (χ2v) is 11.0. The monoisotopic (exact) mass is 588 g/mol. The Balaban J connectivity index is 1.52. The molecular formula is C30H32F4N4O4. The van der Waals surface area contributed by atoms with E-state index in [9.17, 15) is 27.2 Å². The maximum Gasteiger partial charge on any atom is 0.451 e. The number of halogens is 4. The Labute approximate surface area is 241 Å². The number of alkyl carbamates (subject to hydrolysis) is 1. The summed E-state index contributed by atoms with van der Waals surface area (Å²) >= 11 is 0. The van der Waals surface area contributed by atoms with Gasteiger partial charge in [0.1, 0.15) is 23.8 Å². The highest BCUT2D eigenvalue weighted by Gasteiger charge is 2.36. The molecule has 42 heavy (non-hydrogen) atoms. The largest absolute Gasteiger partial charge is 0.489 e. The summed E-state index contributed by atoms with van der Waals surface area (Å²) in [5, 5.41) is 2.70. The van der Waals surface area contributed by atoms with E-state index >= 15 is 0 Å². The van der Waals surface area contributed by atoms with Crippen LogP contribution in [0.25, 0.3) is 0 Å². The lowest BCUT2D eigenvalue weighted by Gasteiger charge is -2.30. The summed E-state index contributed by atoms with van der Waals surface area (Å²) in [6.07, 6.45) is -4.26. The van der Waals surface area contributed by atoms with Gasteiger partial charge in [0, 0.05) is 25.2 Å². The van der Waals surface area contributed by atoms with Gasteiger partial charge in [-0.2, -0.15) is 13.2 Å². The van der Waals surface area contributed by atoms with Gasteiger partial charge in [0.05, 0.1) is 12.2 Å². The first-order valence-electron chi connectivity index (χ1n) is 13.4. The van der Waals surface area contributed by atoms with Crippen LogP contribution in [0.2, 0.25) is 0 Å². The summed E-state index contributed by atoms with van der Waals surface area (Å²) in [4.78, 5) is 34.5. The topological polar surface area (TPSA) is 93.7 Å². The van der Waals surface area contributed by atoms with Crippen molar-refractivity contribution >= 4 is 12.0 Å². The summed E-state index contributed by atoms with van der Waals surface area (Å²) < 4.78 is 65.1. The van der Waals surface area contributed by atoms with E-state index in [-0.39, 0.29) is 44.7 Å². The van der Waals surface area contributed by atoms with Gasteiger partial charge in [-0.15, -0.1) is 0 Å². The molecule has 1 aromatic heterocycles. The summed E-state index contributed by atoms with van der Waals surface area (Å²) in [6.45, 7) is 5.40. The van der Waals surface area contributed by atoms with E-state index < -0.39 is 41.5 Å². The van der Waals surface area contributed by atoms with E-state index in [2.05, 4.69) is 15.3 Å². The van der Waals surface area contributed by atoms with Crippen LogP contribution in [0.3, 0.4) is 0 Å². The zero-order valence-electron chi connectivity index (χ0n) is 23.5. The van der Waals surface area contributed by atoms with Crippen LogP contribution < -0.4 is 10.1 Å². The van der Waals surface area contributed by atoms with Gasteiger partial charge in [-0.3, -0.25) is 4.79 Å². The van der Waals surface area contributed by atoms with Crippen LogP contribution in [0.5, 0.6) is 5.75 Å². The van der Waals surface area contributed by atoms with Crippen molar-refractivity contribution in [1.82, 2.24) is 20.2 Å². The maximum atomic E-state index is 14.3. The molecule has 1 atom stereocenters. The zero-order valence-corrected chi connectivity index (χ0v) is 23.5. The molecule has 2 amide bonds. The van der Waals surface area contributed by atoms with Crippen molar-refractivity contribution in [3.8, 4) is 5.75 Å². The molecule has 12 heteroatoms. The highest BCUT2D eigenvalue weighted by Crippen LogP contribution is 2.28. The molecular weight excluding hydrogens is 556 g/mol. The molecule has 3 aromatic rings. The highest BCUT2D eigenvalue weighted by molar-refractivity contribution is 5.78. The normalized spacial score (nSPS) is 14.1. The zero-order chi connectivity index (χ0) is 30.5. The summed E-state index contributed by atoms with van der Waals surface area (Å²) in [6, 6.07) is 12.6. The summed E-state index contributed by atoms with van der Waals surface area (Å²) in [5.74, 6) is -1.83. The van der Waals surface area contributed by atoms with Gasteiger partial charge in [0.25, 0.3) is 0 Å². The third-order valence-corrected chi connectivity index (χ3v) is 6.42. The second kappa shape index (κ2) is 12.7. The number of carbonyl (C=O) groups excluding carboxylic acids is 2. The predicted molar refractivity (Wildman–Crippen MR) is 145 cm³/mol. The molecule has 8 nitrogen and oxygen atoms in total. The standard InChI is InChI=1S/C30H32F4N4O4/c1-29(2,3)42-28(40)36-23(14-21-13-22(31)9-10-25(21)41-18-19-7-5-4-6-8-19)15-26(39)38-12-11-20-16-35-27(30(32,33)34)37-24(20)17-38/h4-10,13,16,23H,11-12,14-15,17-18H2,1-3H3,(H,36,40)/t23-/m1/s1. The van der Waals surface area contributed by atoms with E-state index in [0.717, 1.165) is 11.8 Å². The molecule has 0 saturated heterocycles. The lowest BCUT2D eigenvalue weighted by Crippen LogP contribution is -2.45. The molecule has 224 valence electrons. The molecule has 0 unspecified atom stereocenters. The van der Waals surface area contributed by atoms with E-state index in [1.807, 2.05) is 30.3 Å². The van der Waals surface area contributed by atoms with Crippen molar-refractivity contribution in [3.05, 3.63) is 88.8 Å². The van der Waals surface area contributed by atoms with Gasteiger partial charge >= 0.3 is 12.3 Å². The SMILES string of the molecule is CC(C)(C)OC(=O)N[C@@H](CC(=O)N1CCc2cnc(C(F)(F)F)nc2C1)Cc1cc(F)ccc1OCc1ccccc1. The van der Waals surface area contributed by atoms with E-state index in [0.29, 0.717) is 16.9 Å². The molecule has 0 bridgehead atoms. The number of hydrogen-bond acceptors (Lipinski definition) is 6. The molecule has 2 aromatic carbocycles. The molecule has 2 heterocycles. The predicted octanol–water partition coefficient (Wildman–Crippen LogP) is 5.62. The Morgan fingerprint density at radius 1 is 1.10 bits per heavy atom. The Bertz CT molecular complexity index is 1410. The Kier molecular flexibility index (Phi) is 9.33. The minimum absolute atomic E-state index is 0.0255. The molecule has 1 aliphatic heterocycles. The minimum atomic E-state index is -4.71. The fourth-order valence-corrected chi connectivity index (χ4v) is 4.49.